The van der Waals surface area contributed by atoms with E-state index < -0.39 is 10.0 Å². The molecular weight excluding hydrogens is 370 g/mol. The Hall–Kier alpha value is 0.0900. The minimum atomic E-state index is -3.40. The summed E-state index contributed by atoms with van der Waals surface area (Å²) in [6.07, 6.45) is 3.03. The SMILES string of the molecule is CN(C1CCC1)S(=O)(=O)c1cc(Br)ccc1Br. The van der Waals surface area contributed by atoms with Gasteiger partial charge in [-0.1, -0.05) is 22.4 Å². The van der Waals surface area contributed by atoms with Crippen LogP contribution in [-0.4, -0.2) is 25.8 Å². The maximum Gasteiger partial charge on any atom is 0.244 e. The molecule has 17 heavy (non-hydrogen) atoms. The number of halogens is 2. The Bertz CT molecular complexity index is 526. The van der Waals surface area contributed by atoms with E-state index in [-0.39, 0.29) is 6.04 Å². The highest BCUT2D eigenvalue weighted by Crippen LogP contribution is 2.32. The van der Waals surface area contributed by atoms with Crippen LogP contribution in [0.15, 0.2) is 32.0 Å². The van der Waals surface area contributed by atoms with E-state index in [1.165, 1.54) is 4.31 Å². The van der Waals surface area contributed by atoms with E-state index in [0.717, 1.165) is 23.7 Å². The second-order valence-electron chi connectivity index (χ2n) is 4.18. The van der Waals surface area contributed by atoms with Crippen LogP contribution in [-0.2, 0) is 10.0 Å². The Morgan fingerprint density at radius 3 is 2.47 bits per heavy atom. The summed E-state index contributed by atoms with van der Waals surface area (Å²) in [5.74, 6) is 0. The molecular formula is C11H13Br2NO2S. The van der Waals surface area contributed by atoms with Crippen molar-refractivity contribution in [2.75, 3.05) is 7.05 Å². The van der Waals surface area contributed by atoms with E-state index >= 15 is 0 Å². The Labute approximate surface area is 119 Å². The molecule has 0 atom stereocenters. The molecule has 1 saturated carbocycles. The molecule has 0 aromatic heterocycles. The smallest absolute Gasteiger partial charge is 0.207 e. The summed E-state index contributed by atoms with van der Waals surface area (Å²) in [6.45, 7) is 0. The first kappa shape index (κ1) is 13.5. The molecule has 0 radical (unpaired) electrons. The standard InChI is InChI=1S/C11H13Br2NO2S/c1-14(9-3-2-4-9)17(15,16)11-7-8(12)5-6-10(11)13/h5-7,9H,2-4H2,1H3. The van der Waals surface area contributed by atoms with Crippen LogP contribution in [0.25, 0.3) is 0 Å². The molecule has 0 heterocycles. The fourth-order valence-electron chi connectivity index (χ4n) is 1.78. The molecule has 3 nitrogen and oxygen atoms in total. The van der Waals surface area contributed by atoms with E-state index in [1.807, 2.05) is 6.07 Å². The molecule has 6 heteroatoms. The van der Waals surface area contributed by atoms with E-state index in [1.54, 1.807) is 19.2 Å². The predicted octanol–water partition coefficient (Wildman–Crippen LogP) is 3.38. The Kier molecular flexibility index (Phi) is 3.97. The van der Waals surface area contributed by atoms with Crippen LogP contribution >= 0.6 is 31.9 Å². The van der Waals surface area contributed by atoms with Gasteiger partial charge in [0.15, 0.2) is 0 Å². The van der Waals surface area contributed by atoms with Crippen molar-refractivity contribution in [1.29, 1.82) is 0 Å². The first-order valence-electron chi connectivity index (χ1n) is 5.36. The van der Waals surface area contributed by atoms with Crippen LogP contribution in [0, 0.1) is 0 Å². The van der Waals surface area contributed by atoms with E-state index in [4.69, 9.17) is 0 Å². The summed E-state index contributed by atoms with van der Waals surface area (Å²) < 4.78 is 27.7. The van der Waals surface area contributed by atoms with Gasteiger partial charge in [0.1, 0.15) is 0 Å². The predicted molar refractivity (Wildman–Crippen MR) is 74.4 cm³/mol. The van der Waals surface area contributed by atoms with Crippen LogP contribution in [0.1, 0.15) is 19.3 Å². The average Bonchev–Trinajstić information content (AvgIpc) is 2.19. The molecule has 0 aliphatic heterocycles. The van der Waals surface area contributed by atoms with Crippen LogP contribution in [0.5, 0.6) is 0 Å². The molecule has 1 aromatic carbocycles. The van der Waals surface area contributed by atoms with Crippen molar-refractivity contribution >= 4 is 41.9 Å². The van der Waals surface area contributed by atoms with Crippen LogP contribution < -0.4 is 0 Å². The number of rotatable bonds is 3. The summed E-state index contributed by atoms with van der Waals surface area (Å²) in [6, 6.07) is 5.35. The summed E-state index contributed by atoms with van der Waals surface area (Å²) >= 11 is 6.60. The van der Waals surface area contributed by atoms with Crippen molar-refractivity contribution in [3.05, 3.63) is 27.1 Å². The molecule has 0 amide bonds. The van der Waals surface area contributed by atoms with Gasteiger partial charge in [-0.2, -0.15) is 4.31 Å². The maximum atomic E-state index is 12.4. The second-order valence-corrected chi connectivity index (χ2v) is 7.92. The number of hydrogen-bond acceptors (Lipinski definition) is 2. The van der Waals surface area contributed by atoms with Crippen LogP contribution in [0.3, 0.4) is 0 Å². The molecule has 1 aliphatic rings. The van der Waals surface area contributed by atoms with Gasteiger partial charge in [0.05, 0.1) is 4.90 Å². The van der Waals surface area contributed by atoms with E-state index in [2.05, 4.69) is 31.9 Å². The molecule has 0 bridgehead atoms. The Morgan fingerprint density at radius 1 is 1.29 bits per heavy atom. The molecule has 0 spiro atoms. The maximum absolute atomic E-state index is 12.4. The van der Waals surface area contributed by atoms with Gasteiger partial charge >= 0.3 is 0 Å². The lowest BCUT2D eigenvalue weighted by atomic mass is 9.94. The zero-order chi connectivity index (χ0) is 12.6. The van der Waals surface area contributed by atoms with Gasteiger partial charge in [0, 0.05) is 22.0 Å². The highest BCUT2D eigenvalue weighted by molar-refractivity contribution is 9.11. The molecule has 0 N–H and O–H groups in total. The second kappa shape index (κ2) is 4.99. The van der Waals surface area contributed by atoms with E-state index in [9.17, 15) is 8.42 Å². The third kappa shape index (κ3) is 2.59. The molecule has 1 aliphatic carbocycles. The fourth-order valence-corrected chi connectivity index (χ4v) is 4.65. The molecule has 0 unspecified atom stereocenters. The molecule has 94 valence electrons. The van der Waals surface area contributed by atoms with Gasteiger partial charge in [0.2, 0.25) is 10.0 Å². The van der Waals surface area contributed by atoms with Crippen LogP contribution in [0.4, 0.5) is 0 Å². The van der Waals surface area contributed by atoms with Crippen molar-refractivity contribution in [3.63, 3.8) is 0 Å². The number of sulfonamides is 1. The highest BCUT2D eigenvalue weighted by atomic mass is 79.9. The van der Waals surface area contributed by atoms with E-state index in [0.29, 0.717) is 9.37 Å². The molecule has 1 aromatic rings. The lowest BCUT2D eigenvalue weighted by Gasteiger charge is -2.34. The van der Waals surface area contributed by atoms with Gasteiger partial charge in [-0.15, -0.1) is 0 Å². The van der Waals surface area contributed by atoms with Gasteiger partial charge in [0.25, 0.3) is 0 Å². The average molecular weight is 383 g/mol. The molecule has 0 saturated heterocycles. The quantitative estimate of drug-likeness (QED) is 0.803. The molecule has 1 fully saturated rings. The summed E-state index contributed by atoms with van der Waals surface area (Å²) in [5.41, 5.74) is 0. The fraction of sp³-hybridized carbons (Fsp3) is 0.455. The highest BCUT2D eigenvalue weighted by Gasteiger charge is 2.32. The topological polar surface area (TPSA) is 37.4 Å². The lowest BCUT2D eigenvalue weighted by molar-refractivity contribution is 0.249. The third-order valence-electron chi connectivity index (χ3n) is 3.14. The summed E-state index contributed by atoms with van der Waals surface area (Å²) in [5, 5.41) is 0. The minimum absolute atomic E-state index is 0.158. The van der Waals surface area contributed by atoms with Gasteiger partial charge in [-0.05, 0) is 47.0 Å². The van der Waals surface area contributed by atoms with Gasteiger partial charge in [-0.3, -0.25) is 0 Å². The number of hydrogen-bond donors (Lipinski definition) is 0. The monoisotopic (exact) mass is 381 g/mol. The number of nitrogens with zero attached hydrogens (tertiary/aromatic N) is 1. The molecule has 2 rings (SSSR count). The Morgan fingerprint density at radius 2 is 1.94 bits per heavy atom. The van der Waals surface area contributed by atoms with Crippen molar-refractivity contribution in [2.45, 2.75) is 30.2 Å². The van der Waals surface area contributed by atoms with Crippen molar-refractivity contribution in [3.8, 4) is 0 Å². The normalized spacial score (nSPS) is 17.2. The van der Waals surface area contributed by atoms with Crippen LogP contribution in [0.2, 0.25) is 0 Å². The lowest BCUT2D eigenvalue weighted by Crippen LogP contribution is -2.41. The summed E-state index contributed by atoms with van der Waals surface area (Å²) in [7, 11) is -1.74. The zero-order valence-corrected chi connectivity index (χ0v) is 13.3. The van der Waals surface area contributed by atoms with Crippen molar-refractivity contribution in [2.24, 2.45) is 0 Å². The first-order chi connectivity index (χ1) is 7.93. The minimum Gasteiger partial charge on any atom is -0.207 e. The van der Waals surface area contributed by atoms with Gasteiger partial charge < -0.3 is 0 Å². The van der Waals surface area contributed by atoms with Crippen molar-refractivity contribution in [1.82, 2.24) is 4.31 Å². The Balaban J connectivity index is 2.39. The zero-order valence-electron chi connectivity index (χ0n) is 9.36. The first-order valence-corrected chi connectivity index (χ1v) is 8.38. The van der Waals surface area contributed by atoms with Crippen molar-refractivity contribution < 1.29 is 8.42 Å². The largest absolute Gasteiger partial charge is 0.244 e. The van der Waals surface area contributed by atoms with Gasteiger partial charge in [-0.25, -0.2) is 8.42 Å². The summed E-state index contributed by atoms with van der Waals surface area (Å²) in [4.78, 5) is 0.321. The number of benzene rings is 1. The third-order valence-corrected chi connectivity index (χ3v) is 6.54.